The van der Waals surface area contributed by atoms with E-state index in [0.717, 1.165) is 0 Å². The number of carbonyl (C=O) groups excluding carboxylic acids is 4. The van der Waals surface area contributed by atoms with Crippen molar-refractivity contribution in [3.8, 4) is 0 Å². The molecular weight excluding hydrogens is 358 g/mol. The average molecular weight is 387 g/mol. The fourth-order valence-corrected chi connectivity index (χ4v) is 2.05. The van der Waals surface area contributed by atoms with E-state index in [-0.39, 0.29) is 5.92 Å². The number of primary amides is 1. The fraction of sp³-hybridized carbons (Fsp3) is 0.688. The minimum atomic E-state index is -1.30. The summed E-state index contributed by atoms with van der Waals surface area (Å²) in [6.45, 7) is 6.20. The van der Waals surface area contributed by atoms with E-state index >= 15 is 0 Å². The molecule has 0 radical (unpaired) electrons. The van der Waals surface area contributed by atoms with E-state index in [1.807, 2.05) is 0 Å². The number of nitrogens with one attached hydrogen (secondary N) is 3. The van der Waals surface area contributed by atoms with Crippen molar-refractivity contribution in [3.63, 3.8) is 0 Å². The van der Waals surface area contributed by atoms with Gasteiger partial charge in [-0.25, -0.2) is 4.79 Å². The number of amides is 4. The Morgan fingerprint density at radius 3 is 1.89 bits per heavy atom. The van der Waals surface area contributed by atoms with Crippen LogP contribution in [0.3, 0.4) is 0 Å². The van der Waals surface area contributed by atoms with Gasteiger partial charge in [0.25, 0.3) is 0 Å². The molecule has 5 atom stereocenters. The number of carbonyl (C=O) groups is 5. The predicted molar refractivity (Wildman–Crippen MR) is 96.0 cm³/mol. The maximum absolute atomic E-state index is 12.3. The van der Waals surface area contributed by atoms with Gasteiger partial charge in [0.15, 0.2) is 0 Å². The highest BCUT2D eigenvalue weighted by Crippen LogP contribution is 2.08. The summed E-state index contributed by atoms with van der Waals surface area (Å²) < 4.78 is 0. The molecule has 0 bridgehead atoms. The van der Waals surface area contributed by atoms with Gasteiger partial charge in [0.2, 0.25) is 23.6 Å². The summed E-state index contributed by atoms with van der Waals surface area (Å²) in [5, 5.41) is 16.2. The van der Waals surface area contributed by atoms with Crippen molar-refractivity contribution in [2.24, 2.45) is 17.4 Å². The summed E-state index contributed by atoms with van der Waals surface area (Å²) in [5.74, 6) is -4.54. The van der Waals surface area contributed by atoms with Gasteiger partial charge in [-0.2, -0.15) is 0 Å². The Balaban J connectivity index is 5.03. The van der Waals surface area contributed by atoms with Crippen molar-refractivity contribution >= 4 is 29.6 Å². The Morgan fingerprint density at radius 2 is 1.48 bits per heavy atom. The van der Waals surface area contributed by atoms with Crippen LogP contribution in [0.2, 0.25) is 0 Å². The van der Waals surface area contributed by atoms with Crippen LogP contribution < -0.4 is 27.4 Å². The van der Waals surface area contributed by atoms with E-state index in [9.17, 15) is 29.1 Å². The second-order valence-electron chi connectivity index (χ2n) is 6.46. The Labute approximate surface area is 157 Å². The molecule has 0 aromatic heterocycles. The third kappa shape index (κ3) is 8.49. The Morgan fingerprint density at radius 1 is 0.926 bits per heavy atom. The first-order valence-electron chi connectivity index (χ1n) is 8.58. The van der Waals surface area contributed by atoms with Gasteiger partial charge in [-0.1, -0.05) is 20.3 Å². The first-order valence-corrected chi connectivity index (χ1v) is 8.58. The zero-order chi connectivity index (χ0) is 21.3. The van der Waals surface area contributed by atoms with Crippen LogP contribution >= 0.6 is 0 Å². The zero-order valence-electron chi connectivity index (χ0n) is 15.9. The van der Waals surface area contributed by atoms with Gasteiger partial charge >= 0.3 is 5.97 Å². The minimum absolute atomic E-state index is 0.317. The molecule has 0 saturated carbocycles. The molecule has 5 unspecified atom stereocenters. The maximum atomic E-state index is 12.3. The lowest BCUT2D eigenvalue weighted by Gasteiger charge is -2.24. The number of carboxylic acid groups (broad SMARTS) is 1. The fourth-order valence-electron chi connectivity index (χ4n) is 2.05. The SMILES string of the molecule is CCC(C)C(NC(=O)C(C)NC(=O)C(CC(N)=O)NC(=O)C(C)N)C(=O)O. The molecule has 0 fully saturated rings. The number of rotatable bonds is 11. The van der Waals surface area contributed by atoms with Crippen molar-refractivity contribution in [2.75, 3.05) is 0 Å². The van der Waals surface area contributed by atoms with E-state index in [1.54, 1.807) is 13.8 Å². The second kappa shape index (κ2) is 11.1. The smallest absolute Gasteiger partial charge is 0.326 e. The summed E-state index contributed by atoms with van der Waals surface area (Å²) in [6, 6.07) is -4.44. The monoisotopic (exact) mass is 387 g/mol. The van der Waals surface area contributed by atoms with Crippen LogP contribution in [0.4, 0.5) is 0 Å². The molecule has 0 saturated heterocycles. The quantitative estimate of drug-likeness (QED) is 0.232. The van der Waals surface area contributed by atoms with Gasteiger partial charge in [-0.15, -0.1) is 0 Å². The standard InChI is InChI=1S/C16H29N5O6/c1-5-7(2)12(16(26)27)21-14(24)9(4)19-15(25)10(6-11(18)22)20-13(23)8(3)17/h7-10,12H,5-6,17H2,1-4H3,(H2,18,22)(H,19,25)(H,20,23)(H,21,24)(H,26,27). The van der Waals surface area contributed by atoms with Crippen LogP contribution in [-0.2, 0) is 24.0 Å². The highest BCUT2D eigenvalue weighted by molar-refractivity contribution is 5.95. The molecule has 0 rings (SSSR count). The molecule has 4 amide bonds. The van der Waals surface area contributed by atoms with E-state index in [2.05, 4.69) is 16.0 Å². The minimum Gasteiger partial charge on any atom is -0.480 e. The topological polar surface area (TPSA) is 194 Å². The lowest BCUT2D eigenvalue weighted by Crippen LogP contribution is -2.57. The molecule has 8 N–H and O–H groups in total. The summed E-state index contributed by atoms with van der Waals surface area (Å²) in [6.07, 6.45) is 0.0469. The zero-order valence-corrected chi connectivity index (χ0v) is 15.9. The van der Waals surface area contributed by atoms with Crippen molar-refractivity contribution in [3.05, 3.63) is 0 Å². The van der Waals surface area contributed by atoms with E-state index in [0.29, 0.717) is 6.42 Å². The van der Waals surface area contributed by atoms with Crippen molar-refractivity contribution in [1.82, 2.24) is 16.0 Å². The van der Waals surface area contributed by atoms with Crippen LogP contribution in [0.1, 0.15) is 40.5 Å². The van der Waals surface area contributed by atoms with Gasteiger partial charge < -0.3 is 32.5 Å². The van der Waals surface area contributed by atoms with Crippen molar-refractivity contribution in [2.45, 2.75) is 64.7 Å². The first kappa shape index (κ1) is 24.3. The third-order valence-electron chi connectivity index (χ3n) is 3.98. The molecule has 27 heavy (non-hydrogen) atoms. The van der Waals surface area contributed by atoms with E-state index < -0.39 is 60.2 Å². The lowest BCUT2D eigenvalue weighted by molar-refractivity contribution is -0.143. The van der Waals surface area contributed by atoms with Crippen LogP contribution in [0.25, 0.3) is 0 Å². The second-order valence-corrected chi connectivity index (χ2v) is 6.46. The summed E-state index contributed by atoms with van der Waals surface area (Å²) in [5.41, 5.74) is 10.5. The lowest BCUT2D eigenvalue weighted by atomic mass is 9.99. The van der Waals surface area contributed by atoms with Gasteiger partial charge in [0, 0.05) is 0 Å². The maximum Gasteiger partial charge on any atom is 0.326 e. The summed E-state index contributed by atoms with van der Waals surface area (Å²) in [4.78, 5) is 58.6. The predicted octanol–water partition coefficient (Wildman–Crippen LogP) is -2.19. The van der Waals surface area contributed by atoms with Crippen molar-refractivity contribution < 1.29 is 29.1 Å². The molecule has 0 aliphatic carbocycles. The number of hydrogen-bond donors (Lipinski definition) is 6. The third-order valence-corrected chi connectivity index (χ3v) is 3.98. The Kier molecular flexibility index (Phi) is 10.0. The average Bonchev–Trinajstić information content (AvgIpc) is 2.56. The molecule has 0 aliphatic heterocycles. The molecule has 11 heteroatoms. The first-order chi connectivity index (χ1) is 12.4. The molecular formula is C16H29N5O6. The summed E-state index contributed by atoms with van der Waals surface area (Å²) >= 11 is 0. The Hall–Kier alpha value is -2.69. The van der Waals surface area contributed by atoms with Gasteiger partial charge in [0.05, 0.1) is 12.5 Å². The van der Waals surface area contributed by atoms with Crippen molar-refractivity contribution in [1.29, 1.82) is 0 Å². The van der Waals surface area contributed by atoms with Crippen LogP contribution in [0.5, 0.6) is 0 Å². The molecule has 0 aliphatic rings. The van der Waals surface area contributed by atoms with E-state index in [1.165, 1.54) is 13.8 Å². The van der Waals surface area contributed by atoms with Crippen LogP contribution in [0, 0.1) is 5.92 Å². The van der Waals surface area contributed by atoms with Gasteiger partial charge in [-0.3, -0.25) is 19.2 Å². The highest BCUT2D eigenvalue weighted by Gasteiger charge is 2.30. The normalized spacial score (nSPS) is 16.2. The number of nitrogens with two attached hydrogens (primary N) is 2. The van der Waals surface area contributed by atoms with Crippen LogP contribution in [-0.4, -0.2) is 58.9 Å². The molecule has 0 heterocycles. The van der Waals surface area contributed by atoms with Gasteiger partial charge in [0.1, 0.15) is 18.1 Å². The van der Waals surface area contributed by atoms with Crippen LogP contribution in [0.15, 0.2) is 0 Å². The van der Waals surface area contributed by atoms with Gasteiger partial charge in [-0.05, 0) is 19.8 Å². The number of carboxylic acids is 1. The highest BCUT2D eigenvalue weighted by atomic mass is 16.4. The molecule has 0 aromatic carbocycles. The number of hydrogen-bond acceptors (Lipinski definition) is 6. The van der Waals surface area contributed by atoms with E-state index in [4.69, 9.17) is 11.5 Å². The number of aliphatic carboxylic acids is 1. The molecule has 0 spiro atoms. The molecule has 154 valence electrons. The molecule has 0 aromatic rings. The Bertz CT molecular complexity index is 580. The molecule has 11 nitrogen and oxygen atoms in total. The summed E-state index contributed by atoms with van der Waals surface area (Å²) in [7, 11) is 0. The largest absolute Gasteiger partial charge is 0.480 e.